The first kappa shape index (κ1) is 12.9. The Hall–Kier alpha value is -2.11. The standard InChI is InChI=1S/C14H18N4O2/c1-10-16-18(14(20)12-7-4-8-17(10)12)9-13(19)15-11-5-2-3-6-11/h4,7-8,11H,2-3,5-6,9H2,1H3,(H,15,19). The summed E-state index contributed by atoms with van der Waals surface area (Å²) in [4.78, 5) is 24.2. The fraction of sp³-hybridized carbons (Fsp3) is 0.500. The Morgan fingerprint density at radius 1 is 1.45 bits per heavy atom. The monoisotopic (exact) mass is 274 g/mol. The largest absolute Gasteiger partial charge is 0.352 e. The highest BCUT2D eigenvalue weighted by atomic mass is 16.2. The zero-order chi connectivity index (χ0) is 14.1. The molecule has 0 saturated heterocycles. The lowest BCUT2D eigenvalue weighted by Crippen LogP contribution is -2.38. The molecule has 2 heterocycles. The summed E-state index contributed by atoms with van der Waals surface area (Å²) in [6, 6.07) is 3.80. The van der Waals surface area contributed by atoms with Gasteiger partial charge in [0.15, 0.2) is 0 Å². The van der Waals surface area contributed by atoms with Gasteiger partial charge < -0.3 is 5.32 Å². The lowest BCUT2D eigenvalue weighted by atomic mass is 10.2. The van der Waals surface area contributed by atoms with E-state index in [4.69, 9.17) is 0 Å². The van der Waals surface area contributed by atoms with E-state index in [1.807, 2.05) is 6.92 Å². The molecule has 0 radical (unpaired) electrons. The van der Waals surface area contributed by atoms with E-state index in [9.17, 15) is 9.59 Å². The average molecular weight is 274 g/mol. The number of hydrogen-bond donors (Lipinski definition) is 1. The number of carbonyl (C=O) groups excluding carboxylic acids is 1. The van der Waals surface area contributed by atoms with Gasteiger partial charge >= 0.3 is 0 Å². The Bertz CT molecular complexity index is 695. The van der Waals surface area contributed by atoms with Crippen molar-refractivity contribution in [3.63, 3.8) is 0 Å². The minimum absolute atomic E-state index is 0.0160. The molecule has 6 heteroatoms. The molecule has 2 aromatic rings. The normalized spacial score (nSPS) is 15.8. The minimum atomic E-state index is -0.234. The molecule has 1 aliphatic carbocycles. The van der Waals surface area contributed by atoms with Crippen molar-refractivity contribution in [3.05, 3.63) is 34.5 Å². The van der Waals surface area contributed by atoms with Crippen LogP contribution in [0.15, 0.2) is 23.1 Å². The molecule has 2 aromatic heterocycles. The van der Waals surface area contributed by atoms with Crippen molar-refractivity contribution in [1.29, 1.82) is 0 Å². The highest BCUT2D eigenvalue weighted by Crippen LogP contribution is 2.17. The molecule has 3 rings (SSSR count). The van der Waals surface area contributed by atoms with Gasteiger partial charge in [0, 0.05) is 12.2 Å². The molecule has 1 amide bonds. The Kier molecular flexibility index (Phi) is 3.30. The van der Waals surface area contributed by atoms with Crippen LogP contribution in [0.2, 0.25) is 0 Å². The number of nitrogens with one attached hydrogen (secondary N) is 1. The molecule has 1 saturated carbocycles. The predicted octanol–water partition coefficient (Wildman–Crippen LogP) is 0.863. The average Bonchev–Trinajstić information content (AvgIpc) is 3.06. The Balaban J connectivity index is 1.81. The predicted molar refractivity (Wildman–Crippen MR) is 74.6 cm³/mol. The summed E-state index contributed by atoms with van der Waals surface area (Å²) in [7, 11) is 0. The van der Waals surface area contributed by atoms with Crippen molar-refractivity contribution in [2.75, 3.05) is 0 Å². The van der Waals surface area contributed by atoms with Crippen LogP contribution in [-0.4, -0.2) is 26.1 Å². The van der Waals surface area contributed by atoms with E-state index >= 15 is 0 Å². The lowest BCUT2D eigenvalue weighted by molar-refractivity contribution is -0.122. The smallest absolute Gasteiger partial charge is 0.291 e. The van der Waals surface area contributed by atoms with Crippen LogP contribution >= 0.6 is 0 Å². The van der Waals surface area contributed by atoms with Gasteiger partial charge in [-0.25, -0.2) is 4.68 Å². The van der Waals surface area contributed by atoms with Crippen molar-refractivity contribution in [1.82, 2.24) is 19.5 Å². The molecule has 0 bridgehead atoms. The van der Waals surface area contributed by atoms with Crippen molar-refractivity contribution < 1.29 is 4.79 Å². The van der Waals surface area contributed by atoms with E-state index in [0.29, 0.717) is 11.3 Å². The van der Waals surface area contributed by atoms with E-state index in [0.717, 1.165) is 12.8 Å². The molecule has 0 aliphatic heterocycles. The first-order valence-electron chi connectivity index (χ1n) is 6.99. The fourth-order valence-electron chi connectivity index (χ4n) is 2.82. The lowest BCUT2D eigenvalue weighted by Gasteiger charge is -2.13. The second kappa shape index (κ2) is 5.11. The Morgan fingerprint density at radius 3 is 2.95 bits per heavy atom. The SMILES string of the molecule is Cc1nn(CC(=O)NC2CCCC2)c(=O)c2cccn12. The molecule has 6 nitrogen and oxygen atoms in total. The molecule has 1 fully saturated rings. The Morgan fingerprint density at radius 2 is 2.20 bits per heavy atom. The summed E-state index contributed by atoms with van der Waals surface area (Å²) in [5, 5.41) is 7.16. The van der Waals surface area contributed by atoms with Gasteiger partial charge in [0.2, 0.25) is 5.91 Å². The van der Waals surface area contributed by atoms with Crippen LogP contribution in [0.3, 0.4) is 0 Å². The van der Waals surface area contributed by atoms with Crippen molar-refractivity contribution in [3.8, 4) is 0 Å². The van der Waals surface area contributed by atoms with Gasteiger partial charge in [0.25, 0.3) is 5.56 Å². The summed E-state index contributed by atoms with van der Waals surface area (Å²) in [6.45, 7) is 1.80. The maximum absolute atomic E-state index is 12.2. The maximum atomic E-state index is 12.2. The van der Waals surface area contributed by atoms with E-state index in [2.05, 4.69) is 10.4 Å². The third-order valence-corrected chi connectivity index (χ3v) is 3.83. The van der Waals surface area contributed by atoms with Gasteiger partial charge in [0.05, 0.1) is 0 Å². The van der Waals surface area contributed by atoms with Gasteiger partial charge in [-0.1, -0.05) is 12.8 Å². The quantitative estimate of drug-likeness (QED) is 0.902. The van der Waals surface area contributed by atoms with Crippen LogP contribution in [0.25, 0.3) is 5.52 Å². The van der Waals surface area contributed by atoms with E-state index in [-0.39, 0.29) is 24.1 Å². The molecule has 106 valence electrons. The number of aryl methyl sites for hydroxylation is 1. The van der Waals surface area contributed by atoms with Crippen LogP contribution in [-0.2, 0) is 11.3 Å². The van der Waals surface area contributed by atoms with E-state index < -0.39 is 0 Å². The highest BCUT2D eigenvalue weighted by molar-refractivity contribution is 5.76. The van der Waals surface area contributed by atoms with Crippen LogP contribution in [0.4, 0.5) is 0 Å². The van der Waals surface area contributed by atoms with Crippen molar-refractivity contribution >= 4 is 11.4 Å². The number of hydrogen-bond acceptors (Lipinski definition) is 3. The third-order valence-electron chi connectivity index (χ3n) is 3.83. The van der Waals surface area contributed by atoms with Gasteiger partial charge in [-0.15, -0.1) is 0 Å². The number of carbonyl (C=O) groups is 1. The first-order chi connectivity index (χ1) is 9.65. The number of aromatic nitrogens is 3. The fourth-order valence-corrected chi connectivity index (χ4v) is 2.82. The number of nitrogens with zero attached hydrogens (tertiary/aromatic N) is 3. The first-order valence-corrected chi connectivity index (χ1v) is 6.99. The molecule has 0 aromatic carbocycles. The molecule has 1 N–H and O–H groups in total. The van der Waals surface area contributed by atoms with Crippen molar-refractivity contribution in [2.45, 2.75) is 45.2 Å². The molecule has 0 atom stereocenters. The van der Waals surface area contributed by atoms with Crippen LogP contribution in [0, 0.1) is 6.92 Å². The van der Waals surface area contributed by atoms with Crippen LogP contribution < -0.4 is 10.9 Å². The molecule has 20 heavy (non-hydrogen) atoms. The zero-order valence-electron chi connectivity index (χ0n) is 11.5. The molecular weight excluding hydrogens is 256 g/mol. The third kappa shape index (κ3) is 2.33. The Labute approximate surface area is 116 Å². The minimum Gasteiger partial charge on any atom is -0.352 e. The second-order valence-electron chi connectivity index (χ2n) is 5.32. The summed E-state index contributed by atoms with van der Waals surface area (Å²) in [5.41, 5.74) is 0.313. The second-order valence-corrected chi connectivity index (χ2v) is 5.32. The van der Waals surface area contributed by atoms with Gasteiger partial charge in [-0.05, 0) is 31.9 Å². The number of rotatable bonds is 3. The maximum Gasteiger partial charge on any atom is 0.291 e. The molecule has 0 spiro atoms. The summed E-state index contributed by atoms with van der Waals surface area (Å²) in [5.74, 6) is 0.556. The number of fused-ring (bicyclic) bond motifs is 1. The number of amides is 1. The summed E-state index contributed by atoms with van der Waals surface area (Å²) < 4.78 is 2.97. The van der Waals surface area contributed by atoms with E-state index in [1.165, 1.54) is 17.5 Å². The van der Waals surface area contributed by atoms with Gasteiger partial charge in [-0.3, -0.25) is 14.0 Å². The molecule has 1 aliphatic rings. The van der Waals surface area contributed by atoms with E-state index in [1.54, 1.807) is 22.7 Å². The van der Waals surface area contributed by atoms with Gasteiger partial charge in [-0.2, -0.15) is 5.10 Å². The highest BCUT2D eigenvalue weighted by Gasteiger charge is 2.18. The summed E-state index contributed by atoms with van der Waals surface area (Å²) >= 11 is 0. The van der Waals surface area contributed by atoms with Crippen molar-refractivity contribution in [2.24, 2.45) is 0 Å². The van der Waals surface area contributed by atoms with Crippen LogP contribution in [0.5, 0.6) is 0 Å². The zero-order valence-corrected chi connectivity index (χ0v) is 11.5. The molecular formula is C14H18N4O2. The summed E-state index contributed by atoms with van der Waals surface area (Å²) in [6.07, 6.45) is 6.19. The molecule has 0 unspecified atom stereocenters. The van der Waals surface area contributed by atoms with Gasteiger partial charge in [0.1, 0.15) is 17.9 Å². The topological polar surface area (TPSA) is 68.4 Å². The van der Waals surface area contributed by atoms with Crippen LogP contribution in [0.1, 0.15) is 31.5 Å².